The molecule has 1 heterocycles. The van der Waals surface area contributed by atoms with Gasteiger partial charge in [0.1, 0.15) is 6.73 Å². The van der Waals surface area contributed by atoms with Crippen molar-refractivity contribution in [2.75, 3.05) is 54.2 Å². The summed E-state index contributed by atoms with van der Waals surface area (Å²) in [5, 5.41) is 9.47. The lowest BCUT2D eigenvalue weighted by Crippen LogP contribution is -2.32. The maximum absolute atomic E-state index is 9.47. The molecule has 1 aromatic heterocycles. The molecule has 7 nitrogen and oxygen atoms in total. The first-order valence-electron chi connectivity index (χ1n) is 7.76. The highest BCUT2D eigenvalue weighted by Gasteiger charge is 2.17. The lowest BCUT2D eigenvalue weighted by atomic mass is 10.5. The van der Waals surface area contributed by atoms with Gasteiger partial charge in [-0.05, 0) is 34.6 Å². The van der Waals surface area contributed by atoms with E-state index in [1.54, 1.807) is 4.90 Å². The molecular weight excluding hydrogens is 268 g/mol. The van der Waals surface area contributed by atoms with Gasteiger partial charge in [-0.1, -0.05) is 0 Å². The molecule has 0 atom stereocenters. The van der Waals surface area contributed by atoms with E-state index in [0.717, 1.165) is 26.2 Å². The summed E-state index contributed by atoms with van der Waals surface area (Å²) in [6, 6.07) is 0. The number of aliphatic hydroxyl groups is 1. The summed E-state index contributed by atoms with van der Waals surface area (Å²) >= 11 is 0. The lowest BCUT2D eigenvalue weighted by Gasteiger charge is -2.26. The van der Waals surface area contributed by atoms with Crippen LogP contribution in [0.1, 0.15) is 34.6 Å². The van der Waals surface area contributed by atoms with Gasteiger partial charge in [0.25, 0.3) is 0 Å². The van der Waals surface area contributed by atoms with Crippen LogP contribution in [0.25, 0.3) is 0 Å². The van der Waals surface area contributed by atoms with Gasteiger partial charge in [0.05, 0.1) is 0 Å². The van der Waals surface area contributed by atoms with E-state index < -0.39 is 0 Å². The molecule has 0 spiro atoms. The molecule has 0 aliphatic rings. The van der Waals surface area contributed by atoms with Crippen LogP contribution in [0, 0.1) is 0 Å². The Balaban J connectivity index is 3.30. The zero-order valence-corrected chi connectivity index (χ0v) is 13.9. The van der Waals surface area contributed by atoms with Gasteiger partial charge in [0, 0.05) is 32.7 Å². The van der Waals surface area contributed by atoms with Crippen LogP contribution in [0.4, 0.5) is 17.8 Å². The molecule has 7 heteroatoms. The van der Waals surface area contributed by atoms with Crippen LogP contribution >= 0.6 is 0 Å². The van der Waals surface area contributed by atoms with Gasteiger partial charge in [-0.3, -0.25) is 0 Å². The smallest absolute Gasteiger partial charge is 0.233 e. The summed E-state index contributed by atoms with van der Waals surface area (Å²) in [7, 11) is 0. The minimum Gasteiger partial charge on any atom is -0.376 e. The summed E-state index contributed by atoms with van der Waals surface area (Å²) in [4.78, 5) is 19.5. The standard InChI is InChI=1S/C14H28N6O/c1-6-18(7-2)12-15-13(19(8-3)9-4)17-14(16-12)20(10-5)11-21/h21H,6-11H2,1-5H3. The molecule has 0 amide bonds. The first-order valence-corrected chi connectivity index (χ1v) is 7.76. The van der Waals surface area contributed by atoms with Crippen molar-refractivity contribution in [2.24, 2.45) is 0 Å². The van der Waals surface area contributed by atoms with E-state index in [4.69, 9.17) is 0 Å². The zero-order valence-electron chi connectivity index (χ0n) is 13.9. The fourth-order valence-electron chi connectivity index (χ4n) is 2.09. The highest BCUT2D eigenvalue weighted by molar-refractivity contribution is 5.46. The van der Waals surface area contributed by atoms with Gasteiger partial charge < -0.3 is 19.8 Å². The molecule has 0 radical (unpaired) electrons. The van der Waals surface area contributed by atoms with E-state index >= 15 is 0 Å². The molecule has 1 rings (SSSR count). The number of hydrogen-bond donors (Lipinski definition) is 1. The number of aliphatic hydroxyl groups excluding tert-OH is 1. The van der Waals surface area contributed by atoms with Gasteiger partial charge in [-0.25, -0.2) is 0 Å². The maximum atomic E-state index is 9.47. The minimum absolute atomic E-state index is 0.101. The predicted octanol–water partition coefficient (Wildman–Crippen LogP) is 1.34. The molecule has 0 bridgehead atoms. The van der Waals surface area contributed by atoms with E-state index in [-0.39, 0.29) is 6.73 Å². The molecule has 1 aromatic rings. The molecule has 0 aromatic carbocycles. The summed E-state index contributed by atoms with van der Waals surface area (Å²) in [5.41, 5.74) is 0. The third-order valence-corrected chi connectivity index (χ3v) is 3.53. The molecule has 1 N–H and O–H groups in total. The van der Waals surface area contributed by atoms with Crippen molar-refractivity contribution in [2.45, 2.75) is 34.6 Å². The second kappa shape index (κ2) is 8.61. The van der Waals surface area contributed by atoms with Crippen LogP contribution in [0.5, 0.6) is 0 Å². The van der Waals surface area contributed by atoms with Crippen molar-refractivity contribution in [3.8, 4) is 0 Å². The van der Waals surface area contributed by atoms with Crippen molar-refractivity contribution in [3.63, 3.8) is 0 Å². The van der Waals surface area contributed by atoms with Gasteiger partial charge in [-0.15, -0.1) is 0 Å². The van der Waals surface area contributed by atoms with Crippen molar-refractivity contribution in [3.05, 3.63) is 0 Å². The fraction of sp³-hybridized carbons (Fsp3) is 0.786. The molecule has 0 aliphatic carbocycles. The molecule has 0 unspecified atom stereocenters. The Kier molecular flexibility index (Phi) is 7.14. The first kappa shape index (κ1) is 17.4. The Hall–Kier alpha value is -1.63. The summed E-state index contributed by atoms with van der Waals surface area (Å²) in [5.74, 6) is 1.86. The number of aromatic nitrogens is 3. The van der Waals surface area contributed by atoms with Crippen LogP contribution in [0.15, 0.2) is 0 Å². The average Bonchev–Trinajstić information content (AvgIpc) is 2.51. The Bertz CT molecular complexity index is 342. The van der Waals surface area contributed by atoms with Crippen LogP contribution < -0.4 is 14.7 Å². The minimum atomic E-state index is -0.101. The highest BCUT2D eigenvalue weighted by atomic mass is 16.3. The number of rotatable bonds is 9. The number of nitrogens with zero attached hydrogens (tertiary/aromatic N) is 6. The molecule has 21 heavy (non-hydrogen) atoms. The Morgan fingerprint density at radius 3 is 1.14 bits per heavy atom. The van der Waals surface area contributed by atoms with E-state index in [9.17, 15) is 5.11 Å². The number of anilines is 3. The van der Waals surface area contributed by atoms with Crippen LogP contribution in [-0.4, -0.2) is 59.5 Å². The van der Waals surface area contributed by atoms with E-state index in [1.807, 2.05) is 6.92 Å². The Morgan fingerprint density at radius 2 is 0.905 bits per heavy atom. The monoisotopic (exact) mass is 296 g/mol. The average molecular weight is 296 g/mol. The lowest BCUT2D eigenvalue weighted by molar-refractivity contribution is 0.290. The second-order valence-corrected chi connectivity index (χ2v) is 4.58. The first-order chi connectivity index (χ1) is 10.1. The van der Waals surface area contributed by atoms with Crippen LogP contribution in [0.2, 0.25) is 0 Å². The molecule has 120 valence electrons. The molecule has 0 fully saturated rings. The molecular formula is C14H28N6O. The Labute approximate surface area is 127 Å². The normalized spacial score (nSPS) is 10.6. The second-order valence-electron chi connectivity index (χ2n) is 4.58. The quantitative estimate of drug-likeness (QED) is 0.690. The number of hydrogen-bond acceptors (Lipinski definition) is 7. The summed E-state index contributed by atoms with van der Waals surface area (Å²) in [6.45, 7) is 14.2. The van der Waals surface area contributed by atoms with Gasteiger partial charge in [0.15, 0.2) is 0 Å². The molecule has 0 aliphatic heterocycles. The SMILES string of the molecule is CCN(CC)c1nc(N(CC)CC)nc(N(CC)CO)n1. The van der Waals surface area contributed by atoms with Crippen LogP contribution in [-0.2, 0) is 0 Å². The van der Waals surface area contributed by atoms with E-state index in [1.165, 1.54) is 0 Å². The van der Waals surface area contributed by atoms with Gasteiger partial charge >= 0.3 is 0 Å². The Morgan fingerprint density at radius 1 is 0.619 bits per heavy atom. The topological polar surface area (TPSA) is 68.6 Å². The summed E-state index contributed by atoms with van der Waals surface area (Å²) in [6.07, 6.45) is 0. The van der Waals surface area contributed by atoms with Crippen molar-refractivity contribution in [1.29, 1.82) is 0 Å². The van der Waals surface area contributed by atoms with Crippen molar-refractivity contribution in [1.82, 2.24) is 15.0 Å². The molecule has 0 saturated heterocycles. The fourth-order valence-corrected chi connectivity index (χ4v) is 2.09. The third kappa shape index (κ3) is 4.17. The zero-order chi connectivity index (χ0) is 15.8. The maximum Gasteiger partial charge on any atom is 0.233 e. The van der Waals surface area contributed by atoms with E-state index in [0.29, 0.717) is 24.4 Å². The third-order valence-electron chi connectivity index (χ3n) is 3.53. The van der Waals surface area contributed by atoms with Gasteiger partial charge in [-0.2, -0.15) is 15.0 Å². The summed E-state index contributed by atoms with van der Waals surface area (Å²) < 4.78 is 0. The largest absolute Gasteiger partial charge is 0.376 e. The predicted molar refractivity (Wildman–Crippen MR) is 87.1 cm³/mol. The van der Waals surface area contributed by atoms with Crippen LogP contribution in [0.3, 0.4) is 0 Å². The van der Waals surface area contributed by atoms with E-state index in [2.05, 4.69) is 52.4 Å². The highest BCUT2D eigenvalue weighted by Crippen LogP contribution is 2.18. The van der Waals surface area contributed by atoms with Crippen molar-refractivity contribution >= 4 is 17.8 Å². The van der Waals surface area contributed by atoms with Crippen molar-refractivity contribution < 1.29 is 5.11 Å². The molecule has 0 saturated carbocycles. The van der Waals surface area contributed by atoms with Gasteiger partial charge in [0.2, 0.25) is 17.8 Å².